The first kappa shape index (κ1) is 26.6. The van der Waals surface area contributed by atoms with Crippen LogP contribution in [0.15, 0.2) is 76.4 Å². The topological polar surface area (TPSA) is 126 Å². The number of hydrogen-bond acceptors (Lipinski definition) is 8. The molecule has 1 heterocycles. The monoisotopic (exact) mass is 603 g/mol. The van der Waals surface area contributed by atoms with Gasteiger partial charge in [-0.1, -0.05) is 41.6 Å². The first-order valence-corrected chi connectivity index (χ1v) is 12.9. The molecule has 0 spiro atoms. The second-order valence-corrected chi connectivity index (χ2v) is 10.3. The first-order valence-electron chi connectivity index (χ1n) is 10.8. The van der Waals surface area contributed by atoms with E-state index in [1.165, 1.54) is 23.9 Å². The minimum absolute atomic E-state index is 0.0168. The van der Waals surface area contributed by atoms with Gasteiger partial charge in [0, 0.05) is 27.8 Å². The summed E-state index contributed by atoms with van der Waals surface area (Å²) in [5.74, 6) is 1.14. The zero-order chi connectivity index (χ0) is 26.5. The standard InChI is InChI=1S/C24H19BrClN5O5S/c1-15-27-28-24(30(15)19-8-6-18(26)7-9-19)37-23(13-29(32)33)17-5-10-22(21(25)12-17)36-14-16-3-2-4-20(11-16)31(34)35/h2-12,23H,13-14H2,1H3/t23-/m1/s1. The molecule has 1 aromatic heterocycles. The number of halogens is 2. The molecule has 0 amide bonds. The molecule has 0 aliphatic rings. The predicted molar refractivity (Wildman–Crippen MR) is 143 cm³/mol. The Labute approximate surface area is 229 Å². The van der Waals surface area contributed by atoms with Gasteiger partial charge >= 0.3 is 0 Å². The highest BCUT2D eigenvalue weighted by Crippen LogP contribution is 2.39. The summed E-state index contributed by atoms with van der Waals surface area (Å²) in [4.78, 5) is 21.7. The Morgan fingerprint density at radius 1 is 1.08 bits per heavy atom. The molecule has 4 rings (SSSR count). The van der Waals surface area contributed by atoms with Gasteiger partial charge in [0.2, 0.25) is 6.54 Å². The molecule has 0 N–H and O–H groups in total. The molecule has 3 aromatic carbocycles. The van der Waals surface area contributed by atoms with E-state index in [0.29, 0.717) is 37.4 Å². The summed E-state index contributed by atoms with van der Waals surface area (Å²) < 4.78 is 8.25. The van der Waals surface area contributed by atoms with E-state index in [2.05, 4.69) is 26.1 Å². The third-order valence-corrected chi connectivity index (χ3v) is 7.34. The van der Waals surface area contributed by atoms with Crippen molar-refractivity contribution < 1.29 is 14.6 Å². The molecule has 0 saturated heterocycles. The lowest BCUT2D eigenvalue weighted by molar-refractivity contribution is -0.479. The van der Waals surface area contributed by atoms with Gasteiger partial charge in [-0.05, 0) is 70.4 Å². The van der Waals surface area contributed by atoms with Crippen LogP contribution in [0.5, 0.6) is 5.75 Å². The molecular weight excluding hydrogens is 586 g/mol. The number of aryl methyl sites for hydroxylation is 1. The van der Waals surface area contributed by atoms with Crippen LogP contribution in [0.3, 0.4) is 0 Å². The number of benzene rings is 3. The zero-order valence-corrected chi connectivity index (χ0v) is 22.4. The van der Waals surface area contributed by atoms with Gasteiger partial charge in [-0.15, -0.1) is 10.2 Å². The zero-order valence-electron chi connectivity index (χ0n) is 19.3. The summed E-state index contributed by atoms with van der Waals surface area (Å²) in [6, 6.07) is 18.6. The molecule has 0 aliphatic heterocycles. The SMILES string of the molecule is Cc1nnc(S[C@H](C[N+](=O)[O-])c2ccc(OCc3cccc([N+](=O)[O-])c3)c(Br)c2)n1-c1ccc(Cl)cc1. The first-order chi connectivity index (χ1) is 17.7. The van der Waals surface area contributed by atoms with Crippen LogP contribution in [0.1, 0.15) is 22.2 Å². The van der Waals surface area contributed by atoms with Gasteiger partial charge in [0.25, 0.3) is 5.69 Å². The van der Waals surface area contributed by atoms with Crippen molar-refractivity contribution in [2.45, 2.75) is 23.9 Å². The Morgan fingerprint density at radius 2 is 1.84 bits per heavy atom. The van der Waals surface area contributed by atoms with Crippen molar-refractivity contribution in [3.8, 4) is 11.4 Å². The fourth-order valence-corrected chi connectivity index (χ4v) is 5.34. The molecule has 1 atom stereocenters. The van der Waals surface area contributed by atoms with E-state index in [4.69, 9.17) is 16.3 Å². The van der Waals surface area contributed by atoms with Gasteiger partial charge in [0.1, 0.15) is 23.4 Å². The molecule has 0 bridgehead atoms. The summed E-state index contributed by atoms with van der Waals surface area (Å²) in [5.41, 5.74) is 2.11. The minimum Gasteiger partial charge on any atom is -0.488 e. The quantitative estimate of drug-likeness (QED) is 0.113. The van der Waals surface area contributed by atoms with Gasteiger partial charge in [-0.3, -0.25) is 24.8 Å². The molecule has 13 heteroatoms. The molecular formula is C24H19BrClN5O5S. The molecule has 0 radical (unpaired) electrons. The number of nitrogens with zero attached hydrogens (tertiary/aromatic N) is 5. The van der Waals surface area contributed by atoms with Gasteiger partial charge in [-0.2, -0.15) is 0 Å². The number of rotatable bonds is 10. The fraction of sp³-hybridized carbons (Fsp3) is 0.167. The largest absolute Gasteiger partial charge is 0.488 e. The lowest BCUT2D eigenvalue weighted by Gasteiger charge is -2.16. The number of thioether (sulfide) groups is 1. The fourth-order valence-electron chi connectivity index (χ4n) is 3.54. The van der Waals surface area contributed by atoms with Crippen LogP contribution in [-0.2, 0) is 6.61 Å². The summed E-state index contributed by atoms with van der Waals surface area (Å²) in [6.07, 6.45) is 0. The minimum atomic E-state index is -0.563. The number of nitro benzene ring substituents is 1. The Balaban J connectivity index is 1.56. The van der Waals surface area contributed by atoms with Gasteiger partial charge in [0.05, 0.1) is 9.40 Å². The van der Waals surface area contributed by atoms with Crippen LogP contribution < -0.4 is 4.74 Å². The van der Waals surface area contributed by atoms with Crippen molar-refractivity contribution in [3.05, 3.63) is 113 Å². The van der Waals surface area contributed by atoms with Crippen LogP contribution in [0, 0.1) is 27.2 Å². The third kappa shape index (κ3) is 6.64. The molecule has 37 heavy (non-hydrogen) atoms. The van der Waals surface area contributed by atoms with Crippen LogP contribution in [0.4, 0.5) is 5.69 Å². The van der Waals surface area contributed by atoms with E-state index in [1.54, 1.807) is 49.4 Å². The van der Waals surface area contributed by atoms with Crippen molar-refractivity contribution in [1.82, 2.24) is 14.8 Å². The summed E-state index contributed by atoms with van der Waals surface area (Å²) in [6.45, 7) is 1.59. The van der Waals surface area contributed by atoms with Gasteiger partial charge in [0.15, 0.2) is 5.16 Å². The lowest BCUT2D eigenvalue weighted by Crippen LogP contribution is -2.11. The van der Waals surface area contributed by atoms with Crippen LogP contribution in [-0.4, -0.2) is 31.2 Å². The van der Waals surface area contributed by atoms with E-state index in [0.717, 1.165) is 5.69 Å². The number of ether oxygens (including phenoxy) is 1. The Hall–Kier alpha value is -3.48. The molecule has 0 unspecified atom stereocenters. The van der Waals surface area contributed by atoms with Crippen molar-refractivity contribution in [3.63, 3.8) is 0 Å². The number of nitro groups is 2. The second kappa shape index (κ2) is 11.7. The normalized spacial score (nSPS) is 11.8. The van der Waals surface area contributed by atoms with Crippen LogP contribution in [0.2, 0.25) is 5.02 Å². The van der Waals surface area contributed by atoms with Crippen LogP contribution in [0.25, 0.3) is 5.69 Å². The molecule has 4 aromatic rings. The number of non-ortho nitro benzene ring substituents is 1. The Kier molecular flexibility index (Phi) is 8.41. The van der Waals surface area contributed by atoms with Crippen LogP contribution >= 0.6 is 39.3 Å². The molecule has 0 saturated carbocycles. The maximum atomic E-state index is 11.5. The number of aromatic nitrogens is 3. The molecule has 190 valence electrons. The lowest BCUT2D eigenvalue weighted by atomic mass is 10.1. The van der Waals surface area contributed by atoms with E-state index >= 15 is 0 Å². The average molecular weight is 605 g/mol. The maximum absolute atomic E-state index is 11.5. The van der Waals surface area contributed by atoms with E-state index in [1.807, 2.05) is 16.7 Å². The van der Waals surface area contributed by atoms with E-state index in [9.17, 15) is 20.2 Å². The molecule has 10 nitrogen and oxygen atoms in total. The van der Waals surface area contributed by atoms with Gasteiger partial charge < -0.3 is 4.74 Å². The number of hydrogen-bond donors (Lipinski definition) is 0. The van der Waals surface area contributed by atoms with Crippen molar-refractivity contribution in [2.75, 3.05) is 6.54 Å². The van der Waals surface area contributed by atoms with Crippen molar-refractivity contribution in [2.24, 2.45) is 0 Å². The van der Waals surface area contributed by atoms with Crippen molar-refractivity contribution in [1.29, 1.82) is 0 Å². The molecule has 0 fully saturated rings. The Bertz CT molecular complexity index is 1450. The molecule has 0 aliphatic carbocycles. The summed E-state index contributed by atoms with van der Waals surface area (Å²) >= 11 is 10.7. The Morgan fingerprint density at radius 3 is 2.51 bits per heavy atom. The summed E-state index contributed by atoms with van der Waals surface area (Å²) in [7, 11) is 0. The highest BCUT2D eigenvalue weighted by Gasteiger charge is 2.24. The predicted octanol–water partition coefficient (Wildman–Crippen LogP) is 6.59. The maximum Gasteiger partial charge on any atom is 0.269 e. The van der Waals surface area contributed by atoms with E-state index in [-0.39, 0.29) is 23.8 Å². The van der Waals surface area contributed by atoms with E-state index < -0.39 is 10.2 Å². The highest BCUT2D eigenvalue weighted by molar-refractivity contribution is 9.10. The smallest absolute Gasteiger partial charge is 0.269 e. The third-order valence-electron chi connectivity index (χ3n) is 5.29. The second-order valence-electron chi connectivity index (χ2n) is 7.87. The highest BCUT2D eigenvalue weighted by atomic mass is 79.9. The van der Waals surface area contributed by atoms with Crippen molar-refractivity contribution >= 4 is 45.0 Å². The average Bonchev–Trinajstić information content (AvgIpc) is 3.23. The summed E-state index contributed by atoms with van der Waals surface area (Å²) in [5, 5.41) is 31.4. The van der Waals surface area contributed by atoms with Gasteiger partial charge in [-0.25, -0.2) is 0 Å².